The van der Waals surface area contributed by atoms with Gasteiger partial charge in [0.25, 0.3) is 0 Å². The SMILES string of the molecule is Cc1cnc(C#CCCO)c(N)c1. The van der Waals surface area contributed by atoms with Gasteiger partial charge >= 0.3 is 0 Å². The van der Waals surface area contributed by atoms with E-state index in [9.17, 15) is 0 Å². The summed E-state index contributed by atoms with van der Waals surface area (Å²) in [5, 5.41) is 8.50. The van der Waals surface area contributed by atoms with Crippen LogP contribution in [-0.2, 0) is 0 Å². The van der Waals surface area contributed by atoms with Crippen molar-refractivity contribution in [2.45, 2.75) is 13.3 Å². The zero-order chi connectivity index (χ0) is 9.68. The fraction of sp³-hybridized carbons (Fsp3) is 0.300. The first-order valence-corrected chi connectivity index (χ1v) is 4.06. The molecule has 0 amide bonds. The number of hydrogen-bond acceptors (Lipinski definition) is 3. The third-order valence-corrected chi connectivity index (χ3v) is 1.50. The molecule has 0 radical (unpaired) electrons. The van der Waals surface area contributed by atoms with Crippen LogP contribution in [0.5, 0.6) is 0 Å². The van der Waals surface area contributed by atoms with E-state index in [2.05, 4.69) is 16.8 Å². The van der Waals surface area contributed by atoms with Crippen LogP contribution < -0.4 is 5.73 Å². The van der Waals surface area contributed by atoms with Crippen molar-refractivity contribution in [2.75, 3.05) is 12.3 Å². The van der Waals surface area contributed by atoms with Crippen molar-refractivity contribution >= 4 is 5.69 Å². The van der Waals surface area contributed by atoms with Crippen molar-refractivity contribution in [3.63, 3.8) is 0 Å². The number of aromatic nitrogens is 1. The van der Waals surface area contributed by atoms with Gasteiger partial charge in [-0.1, -0.05) is 5.92 Å². The van der Waals surface area contributed by atoms with Gasteiger partial charge in [-0.05, 0) is 24.5 Å². The van der Waals surface area contributed by atoms with Gasteiger partial charge in [-0.2, -0.15) is 0 Å². The molecule has 0 unspecified atom stereocenters. The number of nitrogen functional groups attached to an aromatic ring is 1. The molecule has 0 atom stereocenters. The van der Waals surface area contributed by atoms with Crippen LogP contribution in [0.2, 0.25) is 0 Å². The van der Waals surface area contributed by atoms with Crippen LogP contribution in [0.4, 0.5) is 5.69 Å². The predicted molar refractivity (Wildman–Crippen MR) is 52.0 cm³/mol. The number of hydrogen-bond donors (Lipinski definition) is 2. The van der Waals surface area contributed by atoms with Crippen LogP contribution in [0.15, 0.2) is 12.3 Å². The maximum atomic E-state index is 8.50. The number of nitrogens with zero attached hydrogens (tertiary/aromatic N) is 1. The Morgan fingerprint density at radius 3 is 3.00 bits per heavy atom. The fourth-order valence-corrected chi connectivity index (χ4v) is 0.898. The second-order valence-corrected chi connectivity index (χ2v) is 2.73. The molecule has 0 bridgehead atoms. The second-order valence-electron chi connectivity index (χ2n) is 2.73. The Morgan fingerprint density at radius 1 is 1.62 bits per heavy atom. The van der Waals surface area contributed by atoms with Crippen molar-refractivity contribution in [1.82, 2.24) is 4.98 Å². The molecule has 0 aliphatic carbocycles. The first-order chi connectivity index (χ1) is 6.24. The van der Waals surface area contributed by atoms with E-state index in [1.54, 1.807) is 6.20 Å². The van der Waals surface area contributed by atoms with Gasteiger partial charge in [0.2, 0.25) is 0 Å². The Labute approximate surface area is 77.6 Å². The number of aliphatic hydroxyl groups is 1. The van der Waals surface area contributed by atoms with E-state index in [0.717, 1.165) is 5.56 Å². The Morgan fingerprint density at radius 2 is 2.38 bits per heavy atom. The van der Waals surface area contributed by atoms with Gasteiger partial charge in [-0.15, -0.1) is 0 Å². The minimum Gasteiger partial charge on any atom is -0.396 e. The zero-order valence-corrected chi connectivity index (χ0v) is 7.54. The monoisotopic (exact) mass is 176 g/mol. The summed E-state index contributed by atoms with van der Waals surface area (Å²) in [5.74, 6) is 5.56. The summed E-state index contributed by atoms with van der Waals surface area (Å²) in [6.07, 6.45) is 2.17. The highest BCUT2D eigenvalue weighted by atomic mass is 16.2. The number of pyridine rings is 1. The standard InChI is InChI=1S/C10H12N2O/c1-8-6-9(11)10(12-7-8)4-2-3-5-13/h6-7,13H,3,5,11H2,1H3. The molecule has 3 nitrogen and oxygen atoms in total. The molecule has 13 heavy (non-hydrogen) atoms. The number of aliphatic hydroxyl groups excluding tert-OH is 1. The maximum absolute atomic E-state index is 8.50. The van der Waals surface area contributed by atoms with Gasteiger partial charge < -0.3 is 10.8 Å². The molecule has 1 aromatic heterocycles. The lowest BCUT2D eigenvalue weighted by Gasteiger charge is -1.97. The topological polar surface area (TPSA) is 59.1 Å². The van der Waals surface area contributed by atoms with Crippen LogP contribution >= 0.6 is 0 Å². The summed E-state index contributed by atoms with van der Waals surface area (Å²) in [6.45, 7) is 1.99. The van der Waals surface area contributed by atoms with E-state index < -0.39 is 0 Å². The van der Waals surface area contributed by atoms with E-state index in [1.807, 2.05) is 13.0 Å². The van der Waals surface area contributed by atoms with Gasteiger partial charge in [0.15, 0.2) is 0 Å². The van der Waals surface area contributed by atoms with Gasteiger partial charge in [0, 0.05) is 12.6 Å². The number of rotatable bonds is 1. The lowest BCUT2D eigenvalue weighted by atomic mass is 10.2. The molecule has 3 heteroatoms. The van der Waals surface area contributed by atoms with E-state index >= 15 is 0 Å². The lowest BCUT2D eigenvalue weighted by molar-refractivity contribution is 0.305. The molecule has 0 saturated heterocycles. The molecular formula is C10H12N2O. The normalized spacial score (nSPS) is 9.08. The molecule has 3 N–H and O–H groups in total. The van der Waals surface area contributed by atoms with E-state index in [-0.39, 0.29) is 6.61 Å². The fourth-order valence-electron chi connectivity index (χ4n) is 0.898. The third kappa shape index (κ3) is 2.77. The van der Waals surface area contributed by atoms with Crippen molar-refractivity contribution in [2.24, 2.45) is 0 Å². The van der Waals surface area contributed by atoms with Crippen molar-refractivity contribution in [3.05, 3.63) is 23.5 Å². The molecule has 0 aromatic carbocycles. The Kier molecular flexibility index (Phi) is 3.30. The first-order valence-electron chi connectivity index (χ1n) is 4.06. The molecule has 1 heterocycles. The van der Waals surface area contributed by atoms with E-state index in [4.69, 9.17) is 10.8 Å². The smallest absolute Gasteiger partial charge is 0.136 e. The van der Waals surface area contributed by atoms with E-state index in [1.165, 1.54) is 0 Å². The lowest BCUT2D eigenvalue weighted by Crippen LogP contribution is -1.94. The minimum absolute atomic E-state index is 0.0682. The summed E-state index contributed by atoms with van der Waals surface area (Å²) in [7, 11) is 0. The van der Waals surface area contributed by atoms with Gasteiger partial charge in [0.05, 0.1) is 12.3 Å². The molecule has 68 valence electrons. The zero-order valence-electron chi connectivity index (χ0n) is 7.54. The minimum atomic E-state index is 0.0682. The third-order valence-electron chi connectivity index (χ3n) is 1.50. The summed E-state index contributed by atoms with van der Waals surface area (Å²) < 4.78 is 0. The summed E-state index contributed by atoms with van der Waals surface area (Å²) in [4.78, 5) is 4.07. The van der Waals surface area contributed by atoms with Crippen molar-refractivity contribution < 1.29 is 5.11 Å². The van der Waals surface area contributed by atoms with Crippen LogP contribution in [-0.4, -0.2) is 16.7 Å². The predicted octanol–water partition coefficient (Wildman–Crippen LogP) is 0.706. The van der Waals surface area contributed by atoms with Crippen LogP contribution in [0.1, 0.15) is 17.7 Å². The van der Waals surface area contributed by atoms with E-state index in [0.29, 0.717) is 17.8 Å². The quantitative estimate of drug-likeness (QED) is 0.619. The highest BCUT2D eigenvalue weighted by Crippen LogP contribution is 2.08. The highest BCUT2D eigenvalue weighted by Gasteiger charge is 1.95. The van der Waals surface area contributed by atoms with Gasteiger partial charge in [-0.3, -0.25) is 0 Å². The molecule has 0 spiro atoms. The summed E-state index contributed by atoms with van der Waals surface area (Å²) in [6, 6.07) is 1.83. The van der Waals surface area contributed by atoms with Crippen LogP contribution in [0.25, 0.3) is 0 Å². The largest absolute Gasteiger partial charge is 0.396 e. The average Bonchev–Trinajstić information content (AvgIpc) is 2.09. The number of aryl methyl sites for hydroxylation is 1. The van der Waals surface area contributed by atoms with Crippen LogP contribution in [0, 0.1) is 18.8 Å². The molecular weight excluding hydrogens is 164 g/mol. The Balaban J connectivity index is 2.85. The number of nitrogens with two attached hydrogens (primary N) is 1. The Hall–Kier alpha value is -1.53. The molecule has 0 saturated carbocycles. The Bertz CT molecular complexity index is 350. The maximum Gasteiger partial charge on any atom is 0.136 e. The van der Waals surface area contributed by atoms with Crippen molar-refractivity contribution in [1.29, 1.82) is 0 Å². The highest BCUT2D eigenvalue weighted by molar-refractivity contribution is 5.52. The first kappa shape index (κ1) is 9.56. The molecule has 0 aliphatic rings. The van der Waals surface area contributed by atoms with Crippen LogP contribution in [0.3, 0.4) is 0 Å². The summed E-state index contributed by atoms with van der Waals surface area (Å²) >= 11 is 0. The summed E-state index contributed by atoms with van der Waals surface area (Å²) in [5.41, 5.74) is 7.87. The molecule has 0 aliphatic heterocycles. The number of anilines is 1. The van der Waals surface area contributed by atoms with Gasteiger partial charge in [0.1, 0.15) is 5.69 Å². The molecule has 1 aromatic rings. The average molecular weight is 176 g/mol. The van der Waals surface area contributed by atoms with Crippen molar-refractivity contribution in [3.8, 4) is 11.8 Å². The van der Waals surface area contributed by atoms with Gasteiger partial charge in [-0.25, -0.2) is 4.98 Å². The molecule has 0 fully saturated rings. The second kappa shape index (κ2) is 4.48. The molecule has 1 rings (SSSR count).